The van der Waals surface area contributed by atoms with E-state index in [1.54, 1.807) is 7.11 Å². The van der Waals surface area contributed by atoms with Gasteiger partial charge in [-0.25, -0.2) is 0 Å². The van der Waals surface area contributed by atoms with Crippen LogP contribution in [0.3, 0.4) is 0 Å². The van der Waals surface area contributed by atoms with Gasteiger partial charge in [-0.3, -0.25) is 0 Å². The van der Waals surface area contributed by atoms with Crippen molar-refractivity contribution in [2.24, 2.45) is 0 Å². The molecular weight excluding hydrogens is 254 g/mol. The Bertz CT molecular complexity index is 366. The Balaban J connectivity index is 2.07. The summed E-state index contributed by atoms with van der Waals surface area (Å²) < 4.78 is 0. The molecule has 1 aromatic carbocycles. The molecule has 1 saturated heterocycles. The standard InChI is InChI=1S/C13H18ClNOS/c1-16-15-9-10-2-3-12(13(14)8-10)11-4-6-17-7-5-11/h2-3,8,11,15H,4-7,9H2,1H3. The second-order valence-corrected chi connectivity index (χ2v) is 5.90. The number of nitrogens with one attached hydrogen (secondary N) is 1. The van der Waals surface area contributed by atoms with Crippen molar-refractivity contribution in [1.82, 2.24) is 5.48 Å². The number of benzene rings is 1. The molecule has 0 saturated carbocycles. The first-order valence-corrected chi connectivity index (χ1v) is 7.46. The van der Waals surface area contributed by atoms with Crippen LogP contribution in [0.25, 0.3) is 0 Å². The van der Waals surface area contributed by atoms with E-state index in [9.17, 15) is 0 Å². The van der Waals surface area contributed by atoms with E-state index in [0.717, 1.165) is 10.6 Å². The lowest BCUT2D eigenvalue weighted by atomic mass is 9.93. The highest BCUT2D eigenvalue weighted by atomic mass is 35.5. The first kappa shape index (κ1) is 13.2. The second-order valence-electron chi connectivity index (χ2n) is 4.27. The molecule has 2 nitrogen and oxygen atoms in total. The largest absolute Gasteiger partial charge is 0.305 e. The fraction of sp³-hybridized carbons (Fsp3) is 0.538. The minimum Gasteiger partial charge on any atom is -0.305 e. The topological polar surface area (TPSA) is 21.3 Å². The smallest absolute Gasteiger partial charge is 0.0572 e. The van der Waals surface area contributed by atoms with Gasteiger partial charge in [-0.2, -0.15) is 17.2 Å². The van der Waals surface area contributed by atoms with Crippen LogP contribution in [-0.2, 0) is 11.4 Å². The quantitative estimate of drug-likeness (QED) is 0.846. The molecule has 1 heterocycles. The summed E-state index contributed by atoms with van der Waals surface area (Å²) in [6, 6.07) is 6.36. The van der Waals surface area contributed by atoms with Gasteiger partial charge in [-0.05, 0) is 47.5 Å². The van der Waals surface area contributed by atoms with E-state index in [2.05, 4.69) is 17.6 Å². The van der Waals surface area contributed by atoms with Crippen molar-refractivity contribution in [3.8, 4) is 0 Å². The number of halogens is 1. The van der Waals surface area contributed by atoms with E-state index < -0.39 is 0 Å². The highest BCUT2D eigenvalue weighted by molar-refractivity contribution is 7.99. The van der Waals surface area contributed by atoms with Crippen LogP contribution in [0.1, 0.15) is 29.9 Å². The molecule has 0 radical (unpaired) electrons. The van der Waals surface area contributed by atoms with Crippen molar-refractivity contribution < 1.29 is 4.84 Å². The minimum absolute atomic E-state index is 0.646. The first-order valence-electron chi connectivity index (χ1n) is 5.93. The third-order valence-corrected chi connectivity index (χ3v) is 4.52. The molecule has 0 bridgehead atoms. The Labute approximate surface area is 112 Å². The molecule has 1 aromatic rings. The average Bonchev–Trinajstić information content (AvgIpc) is 2.37. The highest BCUT2D eigenvalue weighted by Crippen LogP contribution is 2.35. The fourth-order valence-corrected chi connectivity index (χ4v) is 3.64. The lowest BCUT2D eigenvalue weighted by Gasteiger charge is -2.23. The van der Waals surface area contributed by atoms with Gasteiger partial charge in [0.2, 0.25) is 0 Å². The predicted octanol–water partition coefficient (Wildman–Crippen LogP) is 3.60. The van der Waals surface area contributed by atoms with Crippen molar-refractivity contribution in [2.45, 2.75) is 25.3 Å². The lowest BCUT2D eigenvalue weighted by Crippen LogP contribution is -2.12. The summed E-state index contributed by atoms with van der Waals surface area (Å²) in [5, 5.41) is 0.900. The Kier molecular flexibility index (Phi) is 5.16. The van der Waals surface area contributed by atoms with E-state index >= 15 is 0 Å². The average molecular weight is 272 g/mol. The van der Waals surface area contributed by atoms with E-state index in [1.807, 2.05) is 17.8 Å². The first-order chi connectivity index (χ1) is 8.31. The van der Waals surface area contributed by atoms with Gasteiger partial charge in [0.05, 0.1) is 7.11 Å². The molecular formula is C13H18ClNOS. The van der Waals surface area contributed by atoms with Gasteiger partial charge in [-0.1, -0.05) is 23.7 Å². The monoisotopic (exact) mass is 271 g/mol. The van der Waals surface area contributed by atoms with E-state index in [4.69, 9.17) is 16.4 Å². The summed E-state index contributed by atoms with van der Waals surface area (Å²) in [5.74, 6) is 3.16. The normalized spacial score (nSPS) is 17.3. The van der Waals surface area contributed by atoms with Crippen molar-refractivity contribution in [3.05, 3.63) is 34.3 Å². The zero-order valence-electron chi connectivity index (χ0n) is 10.0. The Morgan fingerprint density at radius 1 is 1.41 bits per heavy atom. The Morgan fingerprint density at radius 3 is 2.82 bits per heavy atom. The number of hydrogen-bond acceptors (Lipinski definition) is 3. The molecule has 4 heteroatoms. The van der Waals surface area contributed by atoms with Crippen molar-refractivity contribution in [2.75, 3.05) is 18.6 Å². The third kappa shape index (κ3) is 3.62. The summed E-state index contributed by atoms with van der Waals surface area (Å²) in [7, 11) is 1.62. The van der Waals surface area contributed by atoms with Crippen LogP contribution in [0.4, 0.5) is 0 Å². The molecule has 1 aliphatic heterocycles. The molecule has 2 rings (SSSR count). The van der Waals surface area contributed by atoms with Gasteiger partial charge in [0, 0.05) is 11.6 Å². The van der Waals surface area contributed by atoms with Gasteiger partial charge in [0.15, 0.2) is 0 Å². The van der Waals surface area contributed by atoms with Gasteiger partial charge in [0.25, 0.3) is 0 Å². The summed E-state index contributed by atoms with van der Waals surface area (Å²) in [6.07, 6.45) is 2.50. The molecule has 1 fully saturated rings. The van der Waals surface area contributed by atoms with Gasteiger partial charge in [0.1, 0.15) is 0 Å². The number of thioether (sulfide) groups is 1. The molecule has 0 amide bonds. The van der Waals surface area contributed by atoms with Crippen molar-refractivity contribution >= 4 is 23.4 Å². The molecule has 17 heavy (non-hydrogen) atoms. The van der Waals surface area contributed by atoms with Crippen LogP contribution in [-0.4, -0.2) is 18.6 Å². The SMILES string of the molecule is CONCc1ccc(C2CCSCC2)c(Cl)c1. The lowest BCUT2D eigenvalue weighted by molar-refractivity contribution is 0.0867. The van der Waals surface area contributed by atoms with Crippen LogP contribution in [0, 0.1) is 0 Å². The number of rotatable bonds is 4. The molecule has 0 spiro atoms. The number of hydroxylamine groups is 1. The molecule has 1 N–H and O–H groups in total. The van der Waals surface area contributed by atoms with E-state index in [0.29, 0.717) is 12.5 Å². The highest BCUT2D eigenvalue weighted by Gasteiger charge is 2.18. The molecule has 1 aliphatic rings. The Morgan fingerprint density at radius 2 is 2.18 bits per heavy atom. The summed E-state index contributed by atoms with van der Waals surface area (Å²) >= 11 is 8.41. The predicted molar refractivity (Wildman–Crippen MR) is 74.6 cm³/mol. The summed E-state index contributed by atoms with van der Waals surface area (Å²) in [4.78, 5) is 4.84. The maximum absolute atomic E-state index is 6.37. The van der Waals surface area contributed by atoms with Crippen LogP contribution in [0.2, 0.25) is 5.02 Å². The molecule has 0 aromatic heterocycles. The molecule has 94 valence electrons. The summed E-state index contributed by atoms with van der Waals surface area (Å²) in [5.41, 5.74) is 5.30. The van der Waals surface area contributed by atoms with E-state index in [1.165, 1.54) is 29.9 Å². The van der Waals surface area contributed by atoms with Crippen LogP contribution < -0.4 is 5.48 Å². The van der Waals surface area contributed by atoms with Crippen LogP contribution >= 0.6 is 23.4 Å². The zero-order chi connectivity index (χ0) is 12.1. The van der Waals surface area contributed by atoms with Crippen molar-refractivity contribution in [1.29, 1.82) is 0 Å². The van der Waals surface area contributed by atoms with Crippen molar-refractivity contribution in [3.63, 3.8) is 0 Å². The Hall–Kier alpha value is -0.220. The zero-order valence-corrected chi connectivity index (χ0v) is 11.6. The molecule has 0 unspecified atom stereocenters. The summed E-state index contributed by atoms with van der Waals surface area (Å²) in [6.45, 7) is 0.691. The van der Waals surface area contributed by atoms with Crippen LogP contribution in [0.15, 0.2) is 18.2 Å². The molecule has 0 aliphatic carbocycles. The van der Waals surface area contributed by atoms with Gasteiger partial charge >= 0.3 is 0 Å². The van der Waals surface area contributed by atoms with Gasteiger partial charge < -0.3 is 4.84 Å². The fourth-order valence-electron chi connectivity index (χ4n) is 2.18. The minimum atomic E-state index is 0.646. The maximum Gasteiger partial charge on any atom is 0.0572 e. The van der Waals surface area contributed by atoms with Gasteiger partial charge in [-0.15, -0.1) is 0 Å². The second kappa shape index (κ2) is 6.64. The molecule has 0 atom stereocenters. The third-order valence-electron chi connectivity index (χ3n) is 3.15. The van der Waals surface area contributed by atoms with Crippen LogP contribution in [0.5, 0.6) is 0 Å². The van der Waals surface area contributed by atoms with E-state index in [-0.39, 0.29) is 0 Å². The number of hydrogen-bond donors (Lipinski definition) is 1. The maximum atomic E-state index is 6.37.